The molecule has 0 N–H and O–H groups in total. The van der Waals surface area contributed by atoms with Gasteiger partial charge in [0.05, 0.1) is 23.0 Å². The average molecular weight is 376 g/mol. The van der Waals surface area contributed by atoms with Crippen molar-refractivity contribution in [2.75, 3.05) is 32.8 Å². The lowest BCUT2D eigenvalue weighted by Crippen LogP contribution is -2.36. The number of nitro groups is 1. The smallest absolute Gasteiger partial charge is 0.283 e. The van der Waals surface area contributed by atoms with Crippen LogP contribution in [0.2, 0.25) is 0 Å². The maximum Gasteiger partial charge on any atom is 0.283 e. The highest BCUT2D eigenvalue weighted by molar-refractivity contribution is 7.99. The molecule has 0 spiro atoms. The zero-order chi connectivity index (χ0) is 18.4. The molecule has 2 aromatic rings. The molecule has 138 valence electrons. The van der Waals surface area contributed by atoms with Gasteiger partial charge in [-0.3, -0.25) is 15.0 Å². The Kier molecular flexibility index (Phi) is 6.60. The van der Waals surface area contributed by atoms with Crippen LogP contribution in [-0.4, -0.2) is 42.7 Å². The molecule has 1 fully saturated rings. The van der Waals surface area contributed by atoms with Crippen molar-refractivity contribution in [3.05, 3.63) is 64.0 Å². The Morgan fingerprint density at radius 1 is 1.15 bits per heavy atom. The first-order chi connectivity index (χ1) is 12.6. The second kappa shape index (κ2) is 9.12. The molecule has 0 unspecified atom stereocenters. The summed E-state index contributed by atoms with van der Waals surface area (Å²) in [5.74, 6) is -0.320. The van der Waals surface area contributed by atoms with Crippen LogP contribution in [0.1, 0.15) is 12.0 Å². The Balaban J connectivity index is 1.64. The SMILES string of the molecule is O=[N+]([O-])c1cc(CCCN2CCOCC2)ccc1Sc1ccc(F)cc1. The number of morpholine rings is 1. The van der Waals surface area contributed by atoms with E-state index in [2.05, 4.69) is 4.90 Å². The molecule has 0 radical (unpaired) electrons. The van der Waals surface area contributed by atoms with Crippen LogP contribution in [0.15, 0.2) is 52.3 Å². The molecule has 0 saturated carbocycles. The van der Waals surface area contributed by atoms with Crippen molar-refractivity contribution in [1.29, 1.82) is 0 Å². The van der Waals surface area contributed by atoms with E-state index < -0.39 is 0 Å². The van der Waals surface area contributed by atoms with Crippen LogP contribution in [0.4, 0.5) is 10.1 Å². The molecule has 0 atom stereocenters. The zero-order valence-corrected chi connectivity index (χ0v) is 15.2. The molecule has 5 nitrogen and oxygen atoms in total. The Labute approximate surface area is 156 Å². The number of rotatable bonds is 7. The van der Waals surface area contributed by atoms with Crippen molar-refractivity contribution in [2.45, 2.75) is 22.6 Å². The van der Waals surface area contributed by atoms with Crippen molar-refractivity contribution in [1.82, 2.24) is 4.90 Å². The number of halogens is 1. The first-order valence-electron chi connectivity index (χ1n) is 8.62. The third-order valence-corrected chi connectivity index (χ3v) is 5.38. The fourth-order valence-electron chi connectivity index (χ4n) is 2.91. The first kappa shape index (κ1) is 18.8. The molecule has 3 rings (SSSR count). The van der Waals surface area contributed by atoms with Gasteiger partial charge in [0.15, 0.2) is 0 Å². The summed E-state index contributed by atoms with van der Waals surface area (Å²) in [4.78, 5) is 14.8. The molecule has 0 amide bonds. The van der Waals surface area contributed by atoms with Gasteiger partial charge in [-0.1, -0.05) is 17.8 Å². The minimum absolute atomic E-state index is 0.100. The van der Waals surface area contributed by atoms with Gasteiger partial charge in [0.1, 0.15) is 5.82 Å². The minimum Gasteiger partial charge on any atom is -0.379 e. The van der Waals surface area contributed by atoms with Gasteiger partial charge in [-0.05, 0) is 55.3 Å². The lowest BCUT2D eigenvalue weighted by atomic mass is 10.1. The minimum atomic E-state index is -0.350. The number of aryl methyl sites for hydroxylation is 1. The molecule has 0 aromatic heterocycles. The summed E-state index contributed by atoms with van der Waals surface area (Å²) >= 11 is 1.28. The second-order valence-electron chi connectivity index (χ2n) is 6.17. The van der Waals surface area contributed by atoms with Gasteiger partial charge in [0.2, 0.25) is 0 Å². The first-order valence-corrected chi connectivity index (χ1v) is 9.44. The van der Waals surface area contributed by atoms with Crippen LogP contribution in [0.5, 0.6) is 0 Å². The van der Waals surface area contributed by atoms with Crippen LogP contribution < -0.4 is 0 Å². The van der Waals surface area contributed by atoms with Crippen LogP contribution in [0, 0.1) is 15.9 Å². The van der Waals surface area contributed by atoms with Crippen molar-refractivity contribution in [2.24, 2.45) is 0 Å². The Morgan fingerprint density at radius 3 is 2.58 bits per heavy atom. The standard InChI is InChI=1S/C19H21FN2O3S/c20-16-4-6-17(7-5-16)26-19-8-3-15(14-18(19)22(23)24)2-1-9-21-10-12-25-13-11-21/h3-8,14H,1-2,9-13H2. The maximum atomic E-state index is 13.0. The molecule has 0 bridgehead atoms. The molecular formula is C19H21FN2O3S. The maximum absolute atomic E-state index is 13.0. The van der Waals surface area contributed by atoms with E-state index in [1.54, 1.807) is 24.3 Å². The van der Waals surface area contributed by atoms with Gasteiger partial charge < -0.3 is 4.74 Å². The predicted octanol–water partition coefficient (Wildman–Crippen LogP) is 4.15. The molecule has 1 saturated heterocycles. The third-order valence-electron chi connectivity index (χ3n) is 4.30. The number of nitrogens with zero attached hydrogens (tertiary/aromatic N) is 2. The third kappa shape index (κ3) is 5.27. The summed E-state index contributed by atoms with van der Waals surface area (Å²) in [5.41, 5.74) is 1.07. The molecule has 26 heavy (non-hydrogen) atoms. The van der Waals surface area contributed by atoms with E-state index in [1.165, 1.54) is 23.9 Å². The number of hydrogen-bond donors (Lipinski definition) is 0. The van der Waals surface area contributed by atoms with Crippen LogP contribution in [0.25, 0.3) is 0 Å². The number of hydrogen-bond acceptors (Lipinski definition) is 5. The highest BCUT2D eigenvalue weighted by Gasteiger charge is 2.16. The van der Waals surface area contributed by atoms with Crippen molar-refractivity contribution < 1.29 is 14.1 Å². The van der Waals surface area contributed by atoms with Gasteiger partial charge >= 0.3 is 0 Å². The van der Waals surface area contributed by atoms with Crippen LogP contribution in [-0.2, 0) is 11.2 Å². The molecule has 0 aliphatic carbocycles. The van der Waals surface area contributed by atoms with Gasteiger partial charge in [0.25, 0.3) is 5.69 Å². The quantitative estimate of drug-likeness (QED) is 0.537. The monoisotopic (exact) mass is 376 g/mol. The Morgan fingerprint density at radius 2 is 1.88 bits per heavy atom. The summed E-state index contributed by atoms with van der Waals surface area (Å²) in [6, 6.07) is 11.3. The van der Waals surface area contributed by atoms with Crippen LogP contribution in [0.3, 0.4) is 0 Å². The molecule has 1 heterocycles. The highest BCUT2D eigenvalue weighted by Crippen LogP contribution is 2.35. The molecule has 1 aliphatic rings. The van der Waals surface area contributed by atoms with Crippen LogP contribution >= 0.6 is 11.8 Å². The Hall–Kier alpha value is -1.96. The normalized spacial score (nSPS) is 15.1. The van der Waals surface area contributed by atoms with E-state index in [-0.39, 0.29) is 16.4 Å². The average Bonchev–Trinajstić information content (AvgIpc) is 2.65. The molecule has 2 aromatic carbocycles. The van der Waals surface area contributed by atoms with Gasteiger partial charge in [0, 0.05) is 24.1 Å². The largest absolute Gasteiger partial charge is 0.379 e. The molecular weight excluding hydrogens is 355 g/mol. The van der Waals surface area contributed by atoms with E-state index in [0.29, 0.717) is 4.90 Å². The second-order valence-corrected chi connectivity index (χ2v) is 7.29. The summed E-state index contributed by atoms with van der Waals surface area (Å²) < 4.78 is 18.3. The highest BCUT2D eigenvalue weighted by atomic mass is 32.2. The van der Waals surface area contributed by atoms with E-state index in [1.807, 2.05) is 6.07 Å². The fraction of sp³-hybridized carbons (Fsp3) is 0.368. The van der Waals surface area contributed by atoms with Gasteiger partial charge in [-0.2, -0.15) is 0 Å². The Bertz CT molecular complexity index is 749. The zero-order valence-electron chi connectivity index (χ0n) is 14.4. The fourth-order valence-corrected chi connectivity index (χ4v) is 3.81. The lowest BCUT2D eigenvalue weighted by Gasteiger charge is -2.26. The molecule has 1 aliphatic heterocycles. The number of ether oxygens (including phenoxy) is 1. The van der Waals surface area contributed by atoms with Crippen molar-refractivity contribution in [3.8, 4) is 0 Å². The topological polar surface area (TPSA) is 55.6 Å². The summed E-state index contributed by atoms with van der Waals surface area (Å²) in [6.07, 6.45) is 1.77. The van der Waals surface area contributed by atoms with Crippen molar-refractivity contribution in [3.63, 3.8) is 0 Å². The van der Waals surface area contributed by atoms with E-state index >= 15 is 0 Å². The van der Waals surface area contributed by atoms with Gasteiger partial charge in [-0.15, -0.1) is 0 Å². The van der Waals surface area contributed by atoms with E-state index in [9.17, 15) is 14.5 Å². The summed E-state index contributed by atoms with van der Waals surface area (Å²) in [6.45, 7) is 4.44. The van der Waals surface area contributed by atoms with Crippen molar-refractivity contribution >= 4 is 17.4 Å². The predicted molar refractivity (Wildman–Crippen MR) is 99.2 cm³/mol. The summed E-state index contributed by atoms with van der Waals surface area (Å²) in [5, 5.41) is 11.4. The van der Waals surface area contributed by atoms with E-state index in [0.717, 1.165) is 56.1 Å². The lowest BCUT2D eigenvalue weighted by molar-refractivity contribution is -0.387. The number of benzene rings is 2. The number of nitro benzene ring substituents is 1. The molecule has 7 heteroatoms. The van der Waals surface area contributed by atoms with Gasteiger partial charge in [-0.25, -0.2) is 4.39 Å². The summed E-state index contributed by atoms with van der Waals surface area (Å²) in [7, 11) is 0. The van der Waals surface area contributed by atoms with E-state index in [4.69, 9.17) is 4.74 Å².